The van der Waals surface area contributed by atoms with Gasteiger partial charge in [-0.1, -0.05) is 54.1 Å². The second-order valence-electron chi connectivity index (χ2n) is 7.03. The number of aliphatic imine (C=N–C) groups is 1. The number of halogens is 1. The minimum atomic E-state index is -0.240. The molecule has 3 rings (SSSR count). The SMILES string of the molecule is NCCN=C1CCN(Cc2ccccc2)CC1C(=O)NCc1ccc(Cl)cc1. The molecule has 0 aliphatic carbocycles. The van der Waals surface area contributed by atoms with Gasteiger partial charge in [-0.15, -0.1) is 0 Å². The Kier molecular flexibility index (Phi) is 7.60. The molecule has 1 aliphatic heterocycles. The van der Waals surface area contributed by atoms with Crippen LogP contribution in [0.15, 0.2) is 59.6 Å². The summed E-state index contributed by atoms with van der Waals surface area (Å²) in [5, 5.41) is 3.75. The molecule has 1 unspecified atom stereocenters. The fourth-order valence-corrected chi connectivity index (χ4v) is 3.56. The maximum Gasteiger partial charge on any atom is 0.230 e. The number of likely N-dealkylation sites (tertiary alicyclic amines) is 1. The zero-order valence-corrected chi connectivity index (χ0v) is 16.7. The highest BCUT2D eigenvalue weighted by atomic mass is 35.5. The summed E-state index contributed by atoms with van der Waals surface area (Å²) in [6.45, 7) is 3.96. The summed E-state index contributed by atoms with van der Waals surface area (Å²) >= 11 is 5.93. The van der Waals surface area contributed by atoms with E-state index in [-0.39, 0.29) is 11.8 Å². The normalized spacial score (nSPS) is 18.9. The fraction of sp³-hybridized carbons (Fsp3) is 0.364. The average Bonchev–Trinajstić information content (AvgIpc) is 2.73. The maximum atomic E-state index is 12.9. The van der Waals surface area contributed by atoms with Crippen LogP contribution in [-0.2, 0) is 17.9 Å². The van der Waals surface area contributed by atoms with Gasteiger partial charge in [-0.25, -0.2) is 0 Å². The van der Waals surface area contributed by atoms with Gasteiger partial charge in [0.15, 0.2) is 0 Å². The van der Waals surface area contributed by atoms with E-state index in [1.165, 1.54) is 5.56 Å². The smallest absolute Gasteiger partial charge is 0.230 e. The molecule has 1 fully saturated rings. The first-order chi connectivity index (χ1) is 13.7. The van der Waals surface area contributed by atoms with E-state index in [2.05, 4.69) is 27.3 Å². The van der Waals surface area contributed by atoms with E-state index in [0.717, 1.165) is 30.8 Å². The molecule has 3 N–H and O–H groups in total. The van der Waals surface area contributed by atoms with E-state index in [4.69, 9.17) is 17.3 Å². The van der Waals surface area contributed by atoms with Gasteiger partial charge in [0.2, 0.25) is 5.91 Å². The van der Waals surface area contributed by atoms with Crippen molar-refractivity contribution < 1.29 is 4.79 Å². The Balaban J connectivity index is 1.65. The third-order valence-corrected chi connectivity index (χ3v) is 5.17. The minimum absolute atomic E-state index is 0.0171. The van der Waals surface area contributed by atoms with Crippen molar-refractivity contribution in [3.05, 3.63) is 70.7 Å². The summed E-state index contributed by atoms with van der Waals surface area (Å²) in [6.07, 6.45) is 0.797. The third kappa shape index (κ3) is 5.89. The van der Waals surface area contributed by atoms with Crippen molar-refractivity contribution in [1.82, 2.24) is 10.2 Å². The van der Waals surface area contributed by atoms with Crippen LogP contribution in [0.25, 0.3) is 0 Å². The van der Waals surface area contributed by atoms with E-state index in [0.29, 0.717) is 31.2 Å². The highest BCUT2D eigenvalue weighted by molar-refractivity contribution is 6.30. The molecule has 1 saturated heterocycles. The molecule has 28 heavy (non-hydrogen) atoms. The molecule has 0 bridgehead atoms. The number of carbonyl (C=O) groups excluding carboxylic acids is 1. The van der Waals surface area contributed by atoms with Crippen LogP contribution >= 0.6 is 11.6 Å². The van der Waals surface area contributed by atoms with Crippen molar-refractivity contribution in [3.8, 4) is 0 Å². The van der Waals surface area contributed by atoms with Crippen molar-refractivity contribution in [1.29, 1.82) is 0 Å². The minimum Gasteiger partial charge on any atom is -0.351 e. The number of piperidine rings is 1. The van der Waals surface area contributed by atoms with Crippen LogP contribution in [0.2, 0.25) is 5.02 Å². The van der Waals surface area contributed by atoms with Gasteiger partial charge in [-0.05, 0) is 29.7 Å². The third-order valence-electron chi connectivity index (χ3n) is 4.92. The van der Waals surface area contributed by atoms with Crippen molar-refractivity contribution in [2.24, 2.45) is 16.6 Å². The summed E-state index contributed by atoms with van der Waals surface area (Å²) in [7, 11) is 0. The Hall–Kier alpha value is -2.21. The van der Waals surface area contributed by atoms with Gasteiger partial charge < -0.3 is 11.1 Å². The summed E-state index contributed by atoms with van der Waals surface area (Å²) < 4.78 is 0. The van der Waals surface area contributed by atoms with Crippen LogP contribution in [-0.4, -0.2) is 42.7 Å². The molecular weight excluding hydrogens is 372 g/mol. The molecule has 1 heterocycles. The predicted octanol–water partition coefficient (Wildman–Crippen LogP) is 2.88. The van der Waals surface area contributed by atoms with Crippen LogP contribution in [0.5, 0.6) is 0 Å². The second-order valence-corrected chi connectivity index (χ2v) is 7.47. The van der Waals surface area contributed by atoms with Gasteiger partial charge in [-0.3, -0.25) is 14.7 Å². The van der Waals surface area contributed by atoms with Crippen molar-refractivity contribution in [2.75, 3.05) is 26.2 Å². The van der Waals surface area contributed by atoms with Gasteiger partial charge >= 0.3 is 0 Å². The molecule has 1 aliphatic rings. The Morgan fingerprint density at radius 1 is 1.14 bits per heavy atom. The van der Waals surface area contributed by atoms with Gasteiger partial charge in [-0.2, -0.15) is 0 Å². The van der Waals surface area contributed by atoms with Gasteiger partial charge in [0, 0.05) is 43.5 Å². The second kappa shape index (κ2) is 10.4. The lowest BCUT2D eigenvalue weighted by Crippen LogP contribution is -2.47. The molecule has 0 radical (unpaired) electrons. The first-order valence-corrected chi connectivity index (χ1v) is 10.0. The number of rotatable bonds is 7. The van der Waals surface area contributed by atoms with E-state index < -0.39 is 0 Å². The Bertz CT molecular complexity index is 792. The van der Waals surface area contributed by atoms with E-state index in [1.54, 1.807) is 0 Å². The zero-order chi connectivity index (χ0) is 19.8. The topological polar surface area (TPSA) is 70.7 Å². The van der Waals surface area contributed by atoms with E-state index in [1.807, 2.05) is 42.5 Å². The highest BCUT2D eigenvalue weighted by Crippen LogP contribution is 2.18. The molecule has 0 spiro atoms. The number of benzene rings is 2. The molecule has 148 valence electrons. The first kappa shape index (κ1) is 20.5. The Labute approximate surface area is 171 Å². The molecule has 2 aromatic carbocycles. The fourth-order valence-electron chi connectivity index (χ4n) is 3.43. The van der Waals surface area contributed by atoms with Crippen molar-refractivity contribution >= 4 is 23.2 Å². The summed E-state index contributed by atoms with van der Waals surface area (Å²) in [5.74, 6) is -0.222. The van der Waals surface area contributed by atoms with Gasteiger partial charge in [0.05, 0.1) is 12.5 Å². The number of amides is 1. The Morgan fingerprint density at radius 2 is 1.89 bits per heavy atom. The lowest BCUT2D eigenvalue weighted by atomic mass is 9.93. The quantitative estimate of drug-likeness (QED) is 0.753. The van der Waals surface area contributed by atoms with Gasteiger partial charge in [0.1, 0.15) is 0 Å². The maximum absolute atomic E-state index is 12.9. The molecule has 5 nitrogen and oxygen atoms in total. The number of nitrogens with one attached hydrogen (secondary N) is 1. The molecule has 0 saturated carbocycles. The van der Waals surface area contributed by atoms with Crippen LogP contribution in [0.1, 0.15) is 17.5 Å². The number of hydrogen-bond acceptors (Lipinski definition) is 4. The summed E-state index contributed by atoms with van der Waals surface area (Å²) in [4.78, 5) is 19.9. The van der Waals surface area contributed by atoms with Crippen LogP contribution in [0.4, 0.5) is 0 Å². The zero-order valence-electron chi connectivity index (χ0n) is 16.0. The summed E-state index contributed by atoms with van der Waals surface area (Å²) in [5.41, 5.74) is 8.85. The molecule has 1 atom stereocenters. The van der Waals surface area contributed by atoms with Crippen molar-refractivity contribution in [2.45, 2.75) is 19.5 Å². The molecule has 1 amide bonds. The lowest BCUT2D eigenvalue weighted by molar-refractivity contribution is -0.124. The first-order valence-electron chi connectivity index (χ1n) is 9.67. The highest BCUT2D eigenvalue weighted by Gasteiger charge is 2.30. The molecule has 6 heteroatoms. The van der Waals surface area contributed by atoms with Crippen molar-refractivity contribution in [3.63, 3.8) is 0 Å². The largest absolute Gasteiger partial charge is 0.351 e. The number of nitrogens with two attached hydrogens (primary N) is 1. The monoisotopic (exact) mass is 398 g/mol. The van der Waals surface area contributed by atoms with Gasteiger partial charge in [0.25, 0.3) is 0 Å². The number of carbonyl (C=O) groups is 1. The average molecular weight is 399 g/mol. The number of nitrogens with zero attached hydrogens (tertiary/aromatic N) is 2. The molecular formula is C22H27ClN4O. The Morgan fingerprint density at radius 3 is 2.61 bits per heavy atom. The standard InChI is InChI=1S/C22H27ClN4O/c23-19-8-6-17(7-9-19)14-26-22(28)20-16-27(13-10-21(20)25-12-11-24)15-18-4-2-1-3-5-18/h1-9,20H,10-16,24H2,(H,26,28). The molecule has 0 aromatic heterocycles. The molecule has 2 aromatic rings. The van der Waals surface area contributed by atoms with Crippen LogP contribution in [0, 0.1) is 5.92 Å². The van der Waals surface area contributed by atoms with E-state index in [9.17, 15) is 4.79 Å². The lowest BCUT2D eigenvalue weighted by Gasteiger charge is -2.33. The number of hydrogen-bond donors (Lipinski definition) is 2. The van der Waals surface area contributed by atoms with E-state index >= 15 is 0 Å². The summed E-state index contributed by atoms with van der Waals surface area (Å²) in [6, 6.07) is 17.9. The van der Waals surface area contributed by atoms with Crippen LogP contribution in [0.3, 0.4) is 0 Å². The van der Waals surface area contributed by atoms with Crippen LogP contribution < -0.4 is 11.1 Å². The predicted molar refractivity (Wildman–Crippen MR) is 114 cm³/mol.